The molecule has 3 aliphatic rings. The molecule has 164 valence electrons. The largest absolute Gasteiger partial charge is 0.493 e. The highest BCUT2D eigenvalue weighted by Crippen LogP contribution is 2.44. The second-order valence-electron chi connectivity index (χ2n) is 8.21. The van der Waals surface area contributed by atoms with Crippen LogP contribution in [0.15, 0.2) is 18.2 Å². The van der Waals surface area contributed by atoms with Gasteiger partial charge in [0, 0.05) is 39.6 Å². The van der Waals surface area contributed by atoms with Crippen LogP contribution in [0.3, 0.4) is 0 Å². The van der Waals surface area contributed by atoms with Crippen LogP contribution < -0.4 is 4.74 Å². The Morgan fingerprint density at radius 3 is 2.77 bits per heavy atom. The predicted octanol–water partition coefficient (Wildman–Crippen LogP) is 1.56. The van der Waals surface area contributed by atoms with Gasteiger partial charge in [0.15, 0.2) is 0 Å². The number of hydrogen-bond acceptors (Lipinski definition) is 7. The summed E-state index contributed by atoms with van der Waals surface area (Å²) in [5.74, 6) is -0.00994. The molecule has 0 N–H and O–H groups in total. The Hall–Kier alpha value is -2.16. The van der Waals surface area contributed by atoms with Crippen molar-refractivity contribution in [3.8, 4) is 5.75 Å². The van der Waals surface area contributed by atoms with E-state index in [-0.39, 0.29) is 24.9 Å². The highest BCUT2D eigenvalue weighted by atomic mass is 16.7. The standard InChI is InChI=1S/C22H30N2O6/c1-27-11-12-30-24-20(25)14-18(21(26)28-2)22(24)6-8-23(9-7-22)15-16-3-4-19-17(13-16)5-10-29-19/h3-4,13,18H,5-12,14-15H2,1-2H3. The third-order valence-corrected chi connectivity index (χ3v) is 6.53. The number of amides is 1. The van der Waals surface area contributed by atoms with Crippen LogP contribution in [0.1, 0.15) is 30.4 Å². The molecule has 1 aromatic rings. The van der Waals surface area contributed by atoms with Gasteiger partial charge in [0.25, 0.3) is 0 Å². The van der Waals surface area contributed by atoms with Gasteiger partial charge >= 0.3 is 5.97 Å². The van der Waals surface area contributed by atoms with Crippen LogP contribution >= 0.6 is 0 Å². The monoisotopic (exact) mass is 418 g/mol. The fourth-order valence-electron chi connectivity index (χ4n) is 4.94. The summed E-state index contributed by atoms with van der Waals surface area (Å²) >= 11 is 0. The Morgan fingerprint density at radius 1 is 1.23 bits per heavy atom. The van der Waals surface area contributed by atoms with Crippen molar-refractivity contribution in [1.29, 1.82) is 0 Å². The van der Waals surface area contributed by atoms with Crippen molar-refractivity contribution in [2.45, 2.75) is 37.8 Å². The molecule has 3 heterocycles. The summed E-state index contributed by atoms with van der Waals surface area (Å²) in [6.45, 7) is 3.81. The Morgan fingerprint density at radius 2 is 2.03 bits per heavy atom. The van der Waals surface area contributed by atoms with Crippen LogP contribution in [0.25, 0.3) is 0 Å². The zero-order valence-electron chi connectivity index (χ0n) is 17.7. The number of likely N-dealkylation sites (tertiary alicyclic amines) is 1. The minimum atomic E-state index is -0.653. The number of hydrogen-bond donors (Lipinski definition) is 0. The van der Waals surface area contributed by atoms with Gasteiger partial charge in [-0.25, -0.2) is 5.06 Å². The molecule has 2 fully saturated rings. The van der Waals surface area contributed by atoms with Gasteiger partial charge in [-0.2, -0.15) is 0 Å². The Kier molecular flexibility index (Phi) is 6.26. The van der Waals surface area contributed by atoms with Crippen molar-refractivity contribution in [2.24, 2.45) is 5.92 Å². The fourth-order valence-corrected chi connectivity index (χ4v) is 4.94. The zero-order chi connectivity index (χ0) is 21.1. The molecule has 1 amide bonds. The van der Waals surface area contributed by atoms with E-state index in [4.69, 9.17) is 19.0 Å². The Balaban J connectivity index is 1.45. The first kappa shape index (κ1) is 21.1. The minimum absolute atomic E-state index is 0.129. The molecule has 4 rings (SSSR count). The molecule has 0 radical (unpaired) electrons. The van der Waals surface area contributed by atoms with Gasteiger partial charge in [0.1, 0.15) is 5.75 Å². The van der Waals surface area contributed by atoms with Crippen molar-refractivity contribution >= 4 is 11.9 Å². The minimum Gasteiger partial charge on any atom is -0.493 e. The highest BCUT2D eigenvalue weighted by molar-refractivity contribution is 5.88. The number of carbonyl (C=O) groups excluding carboxylic acids is 2. The zero-order valence-corrected chi connectivity index (χ0v) is 17.7. The molecule has 2 saturated heterocycles. The molecule has 0 saturated carbocycles. The summed E-state index contributed by atoms with van der Waals surface area (Å²) in [5.41, 5.74) is 1.88. The first-order valence-corrected chi connectivity index (χ1v) is 10.6. The molecular formula is C22H30N2O6. The number of piperidine rings is 1. The molecule has 1 aromatic carbocycles. The molecule has 30 heavy (non-hydrogen) atoms. The number of ether oxygens (including phenoxy) is 3. The number of hydroxylamine groups is 2. The maximum atomic E-state index is 12.7. The number of methoxy groups -OCH3 is 2. The van der Waals surface area contributed by atoms with E-state index in [9.17, 15) is 9.59 Å². The molecule has 0 bridgehead atoms. The summed E-state index contributed by atoms with van der Waals surface area (Å²) in [6, 6.07) is 6.39. The van der Waals surface area contributed by atoms with Gasteiger partial charge in [-0.3, -0.25) is 19.3 Å². The smallest absolute Gasteiger partial charge is 0.311 e. The van der Waals surface area contributed by atoms with Crippen LogP contribution in [0, 0.1) is 5.92 Å². The first-order valence-electron chi connectivity index (χ1n) is 10.6. The van der Waals surface area contributed by atoms with Crippen LogP contribution in [0.5, 0.6) is 5.75 Å². The number of nitrogens with zero attached hydrogens (tertiary/aromatic N) is 2. The van der Waals surface area contributed by atoms with Crippen molar-refractivity contribution in [2.75, 3.05) is 47.1 Å². The van der Waals surface area contributed by atoms with Crippen molar-refractivity contribution < 1.29 is 28.6 Å². The second kappa shape index (κ2) is 8.91. The molecular weight excluding hydrogens is 388 g/mol. The van der Waals surface area contributed by atoms with Gasteiger partial charge in [-0.05, 0) is 30.0 Å². The number of benzene rings is 1. The third-order valence-electron chi connectivity index (χ3n) is 6.53. The van der Waals surface area contributed by atoms with E-state index >= 15 is 0 Å². The van der Waals surface area contributed by atoms with E-state index in [1.54, 1.807) is 7.11 Å². The number of fused-ring (bicyclic) bond motifs is 1. The summed E-state index contributed by atoms with van der Waals surface area (Å²) in [6.07, 6.45) is 2.42. The third kappa shape index (κ3) is 3.91. The normalized spacial score (nSPS) is 22.9. The number of esters is 1. The lowest BCUT2D eigenvalue weighted by Gasteiger charge is -2.45. The Bertz CT molecular complexity index is 790. The van der Waals surface area contributed by atoms with Gasteiger partial charge < -0.3 is 14.2 Å². The van der Waals surface area contributed by atoms with Crippen molar-refractivity contribution in [3.05, 3.63) is 29.3 Å². The van der Waals surface area contributed by atoms with E-state index < -0.39 is 11.5 Å². The average molecular weight is 418 g/mol. The summed E-state index contributed by atoms with van der Waals surface area (Å²) in [5, 5.41) is 1.46. The summed E-state index contributed by atoms with van der Waals surface area (Å²) in [7, 11) is 2.97. The van der Waals surface area contributed by atoms with Crippen LogP contribution in [0.4, 0.5) is 0 Å². The quantitative estimate of drug-likeness (QED) is 0.491. The molecule has 1 atom stereocenters. The van der Waals surface area contributed by atoms with Crippen LogP contribution in [-0.4, -0.2) is 74.5 Å². The first-order chi connectivity index (χ1) is 14.6. The molecule has 1 spiro atoms. The molecule has 0 aliphatic carbocycles. The van der Waals surface area contributed by atoms with Crippen molar-refractivity contribution in [3.63, 3.8) is 0 Å². The number of carbonyl (C=O) groups is 2. The summed E-state index contributed by atoms with van der Waals surface area (Å²) in [4.78, 5) is 33.3. The Labute approximate surface area is 177 Å². The van der Waals surface area contributed by atoms with E-state index in [2.05, 4.69) is 23.1 Å². The predicted molar refractivity (Wildman–Crippen MR) is 108 cm³/mol. The maximum absolute atomic E-state index is 12.7. The molecule has 0 aromatic heterocycles. The highest BCUT2D eigenvalue weighted by Gasteiger charge is 2.58. The fraction of sp³-hybridized carbons (Fsp3) is 0.636. The maximum Gasteiger partial charge on any atom is 0.311 e. The van der Waals surface area contributed by atoms with Gasteiger partial charge in [-0.1, -0.05) is 12.1 Å². The lowest BCUT2D eigenvalue weighted by Crippen LogP contribution is -2.57. The van der Waals surface area contributed by atoms with Gasteiger partial charge in [0.05, 0.1) is 38.4 Å². The lowest BCUT2D eigenvalue weighted by molar-refractivity contribution is -0.227. The molecule has 1 unspecified atom stereocenters. The molecule has 8 nitrogen and oxygen atoms in total. The molecule has 8 heteroatoms. The van der Waals surface area contributed by atoms with Gasteiger partial charge in [-0.15, -0.1) is 0 Å². The SMILES string of the molecule is COCCON1C(=O)CC(C(=O)OC)C12CCN(Cc1ccc3c(c1)CCO3)CC2. The average Bonchev–Trinajstić information content (AvgIpc) is 3.33. The number of rotatable bonds is 7. The second-order valence-corrected chi connectivity index (χ2v) is 8.21. The van der Waals surface area contributed by atoms with E-state index in [1.165, 1.54) is 23.3 Å². The summed E-state index contributed by atoms with van der Waals surface area (Å²) < 4.78 is 15.7. The lowest BCUT2D eigenvalue weighted by atomic mass is 9.77. The van der Waals surface area contributed by atoms with Crippen LogP contribution in [0.2, 0.25) is 0 Å². The van der Waals surface area contributed by atoms with Crippen LogP contribution in [-0.2, 0) is 36.9 Å². The topological polar surface area (TPSA) is 77.5 Å². The van der Waals surface area contributed by atoms with E-state index in [1.807, 2.05) is 0 Å². The van der Waals surface area contributed by atoms with E-state index in [0.717, 1.165) is 38.4 Å². The van der Waals surface area contributed by atoms with Gasteiger partial charge in [0.2, 0.25) is 5.91 Å². The van der Waals surface area contributed by atoms with E-state index in [0.29, 0.717) is 19.4 Å². The molecule has 3 aliphatic heterocycles. The van der Waals surface area contributed by atoms with Crippen molar-refractivity contribution in [1.82, 2.24) is 9.96 Å².